The molecule has 5 atom stereocenters. The number of carbonyl (C=O) groups is 4. The van der Waals surface area contributed by atoms with Gasteiger partial charge in [0.25, 0.3) is 11.4 Å². The first-order valence-electron chi connectivity index (χ1n) is 12.1. The lowest BCUT2D eigenvalue weighted by Crippen LogP contribution is -2.62. The van der Waals surface area contributed by atoms with Gasteiger partial charge in [-0.05, 0) is 42.0 Å². The maximum Gasteiger partial charge on any atom is 0.256 e. The van der Waals surface area contributed by atoms with Gasteiger partial charge in [0.05, 0.1) is 0 Å². The first-order chi connectivity index (χ1) is 20.7. The predicted molar refractivity (Wildman–Crippen MR) is 141 cm³/mol. The fourth-order valence-corrected chi connectivity index (χ4v) is 4.04. The Morgan fingerprint density at radius 1 is 0.533 bits per heavy atom. The van der Waals surface area contributed by atoms with Gasteiger partial charge in [0.2, 0.25) is 17.3 Å². The molecule has 0 aliphatic carbocycles. The lowest BCUT2D eigenvalue weighted by atomic mass is 9.78. The van der Waals surface area contributed by atoms with Crippen molar-refractivity contribution in [3.8, 4) is 51.7 Å². The standard InChI is InChI=1S/C27H24O18/c28-10-1-7(2-11(29)18(10)36)16(34)21(39)22(40)23(41)26(44)27(45,24(42)9-5-14(32)20(38)15(33)6-9)25(43)17(35)8-3-12(30)19(37)13(31)4-8/h1-6,16,21-23,28-34,36-41,45H/t16?,21?,22-,23-,27+/m1/s1. The molecule has 18 nitrogen and oxygen atoms in total. The smallest absolute Gasteiger partial charge is 0.256 e. The highest BCUT2D eigenvalue weighted by atomic mass is 16.4. The molecule has 18 heteroatoms. The van der Waals surface area contributed by atoms with Gasteiger partial charge in [0.15, 0.2) is 51.7 Å². The topological polar surface area (TPSA) is 352 Å². The number of ketones is 4. The van der Waals surface area contributed by atoms with Crippen LogP contribution in [-0.4, -0.2) is 119 Å². The van der Waals surface area contributed by atoms with E-state index in [1.54, 1.807) is 0 Å². The normalized spacial score (nSPS) is 15.3. The Labute approximate surface area is 249 Å². The summed E-state index contributed by atoms with van der Waals surface area (Å²) in [5, 5.41) is 140. The average Bonchev–Trinajstić information content (AvgIpc) is 3.00. The van der Waals surface area contributed by atoms with Crippen molar-refractivity contribution in [1.29, 1.82) is 0 Å². The average molecular weight is 636 g/mol. The summed E-state index contributed by atoms with van der Waals surface area (Å²) < 4.78 is 0. The van der Waals surface area contributed by atoms with E-state index in [0.29, 0.717) is 36.4 Å². The minimum atomic E-state index is -4.42. The molecule has 3 rings (SSSR count). The van der Waals surface area contributed by atoms with Gasteiger partial charge in [-0.2, -0.15) is 0 Å². The molecule has 14 N–H and O–H groups in total. The van der Waals surface area contributed by atoms with Gasteiger partial charge in [-0.1, -0.05) is 0 Å². The zero-order valence-electron chi connectivity index (χ0n) is 22.2. The van der Waals surface area contributed by atoms with Crippen molar-refractivity contribution in [3.63, 3.8) is 0 Å². The van der Waals surface area contributed by atoms with E-state index in [9.17, 15) is 90.7 Å². The number of aliphatic hydroxyl groups excluding tert-OH is 4. The van der Waals surface area contributed by atoms with E-state index in [1.165, 1.54) is 0 Å². The number of hydrogen-bond acceptors (Lipinski definition) is 18. The van der Waals surface area contributed by atoms with Gasteiger partial charge in [-0.3, -0.25) is 19.2 Å². The van der Waals surface area contributed by atoms with Crippen LogP contribution in [0.15, 0.2) is 36.4 Å². The highest BCUT2D eigenvalue weighted by Crippen LogP contribution is 2.40. The summed E-state index contributed by atoms with van der Waals surface area (Å²) in [5.74, 6) is -19.5. The van der Waals surface area contributed by atoms with E-state index < -0.39 is 122 Å². The van der Waals surface area contributed by atoms with Gasteiger partial charge in [0, 0.05) is 11.1 Å². The molecule has 0 radical (unpaired) electrons. The number of carbonyl (C=O) groups excluding carboxylic acids is 4. The molecule has 0 aliphatic heterocycles. The van der Waals surface area contributed by atoms with Crippen LogP contribution in [0.25, 0.3) is 0 Å². The molecule has 0 spiro atoms. The van der Waals surface area contributed by atoms with E-state index in [2.05, 4.69) is 0 Å². The third kappa shape index (κ3) is 5.94. The SMILES string of the molecule is O=C(C(=O)[C@@](O)(C(=O)c1cc(O)c(O)c(O)c1)C(=O)[C@H](O)[C@H](O)C(O)C(O)c1cc(O)c(O)c(O)c1)c1cc(O)c(O)c(O)c1. The van der Waals surface area contributed by atoms with E-state index in [1.807, 2.05) is 0 Å². The quantitative estimate of drug-likeness (QED) is 0.0459. The summed E-state index contributed by atoms with van der Waals surface area (Å²) in [7, 11) is 0. The molecule has 0 saturated carbocycles. The van der Waals surface area contributed by atoms with Crippen molar-refractivity contribution in [3.05, 3.63) is 53.1 Å². The number of Topliss-reactive ketones (excluding diaryl/α,β-unsaturated/α-hetero) is 4. The number of hydrogen-bond donors (Lipinski definition) is 14. The molecule has 0 saturated heterocycles. The summed E-state index contributed by atoms with van der Waals surface area (Å²) in [4.78, 5) is 53.0. The minimum Gasteiger partial charge on any atom is -0.504 e. The Balaban J connectivity index is 2.11. The number of aromatic hydroxyl groups is 9. The number of rotatable bonds is 11. The Kier molecular flexibility index (Phi) is 9.13. The molecular weight excluding hydrogens is 612 g/mol. The van der Waals surface area contributed by atoms with Gasteiger partial charge in [-0.15, -0.1) is 0 Å². The second-order valence-corrected chi connectivity index (χ2v) is 9.57. The van der Waals surface area contributed by atoms with Crippen molar-refractivity contribution in [2.45, 2.75) is 30.0 Å². The molecule has 0 amide bonds. The van der Waals surface area contributed by atoms with Crippen molar-refractivity contribution >= 4 is 23.1 Å². The molecule has 0 bridgehead atoms. The molecule has 0 fully saturated rings. The maximum absolute atomic E-state index is 13.4. The number of aliphatic hydroxyl groups is 5. The molecule has 0 aliphatic rings. The molecule has 0 heterocycles. The fraction of sp³-hybridized carbons (Fsp3) is 0.185. The summed E-state index contributed by atoms with van der Waals surface area (Å²) in [6.07, 6.45) is -11.3. The van der Waals surface area contributed by atoms with Gasteiger partial charge in [-0.25, -0.2) is 0 Å². The van der Waals surface area contributed by atoms with Crippen molar-refractivity contribution in [1.82, 2.24) is 0 Å². The highest BCUT2D eigenvalue weighted by Gasteiger charge is 2.57. The number of phenolic OH excluding ortho intramolecular Hbond substituents is 9. The fourth-order valence-electron chi connectivity index (χ4n) is 4.04. The predicted octanol–water partition coefficient (Wildman–Crippen LogP) is -2.21. The molecular formula is C27H24O18. The largest absolute Gasteiger partial charge is 0.504 e. The van der Waals surface area contributed by atoms with Crippen LogP contribution in [0.1, 0.15) is 32.4 Å². The third-order valence-electron chi connectivity index (χ3n) is 6.58. The lowest BCUT2D eigenvalue weighted by Gasteiger charge is -2.30. The summed E-state index contributed by atoms with van der Waals surface area (Å²) in [6, 6.07) is 2.48. The van der Waals surface area contributed by atoms with Crippen LogP contribution in [0.5, 0.6) is 51.7 Å². The molecule has 240 valence electrons. The zero-order valence-corrected chi connectivity index (χ0v) is 22.2. The monoisotopic (exact) mass is 636 g/mol. The van der Waals surface area contributed by atoms with Crippen LogP contribution in [0.4, 0.5) is 0 Å². The second kappa shape index (κ2) is 12.1. The molecule has 0 aromatic heterocycles. The van der Waals surface area contributed by atoms with Crippen molar-refractivity contribution in [2.24, 2.45) is 0 Å². The Morgan fingerprint density at radius 3 is 1.29 bits per heavy atom. The van der Waals surface area contributed by atoms with E-state index in [4.69, 9.17) is 0 Å². The zero-order chi connectivity index (χ0) is 34.3. The summed E-state index contributed by atoms with van der Waals surface area (Å²) in [5.41, 5.74) is -7.27. The van der Waals surface area contributed by atoms with Crippen LogP contribution >= 0.6 is 0 Å². The van der Waals surface area contributed by atoms with E-state index in [-0.39, 0.29) is 0 Å². The molecule has 3 aromatic carbocycles. The lowest BCUT2D eigenvalue weighted by molar-refractivity contribution is -0.161. The Morgan fingerprint density at radius 2 is 0.889 bits per heavy atom. The second-order valence-electron chi connectivity index (χ2n) is 9.57. The number of phenols is 9. The molecule has 3 aromatic rings. The third-order valence-corrected chi connectivity index (χ3v) is 6.58. The van der Waals surface area contributed by atoms with Crippen molar-refractivity contribution in [2.75, 3.05) is 0 Å². The van der Waals surface area contributed by atoms with Crippen LogP contribution in [-0.2, 0) is 9.59 Å². The maximum atomic E-state index is 13.4. The van der Waals surface area contributed by atoms with Crippen LogP contribution in [0.3, 0.4) is 0 Å². The van der Waals surface area contributed by atoms with Crippen LogP contribution < -0.4 is 0 Å². The van der Waals surface area contributed by atoms with E-state index >= 15 is 0 Å². The van der Waals surface area contributed by atoms with Gasteiger partial charge >= 0.3 is 0 Å². The Bertz CT molecular complexity index is 1640. The highest BCUT2D eigenvalue weighted by molar-refractivity contribution is 6.56. The minimum absolute atomic E-state index is 0.302. The first-order valence-corrected chi connectivity index (χ1v) is 12.1. The Hall–Kier alpha value is -5.66. The van der Waals surface area contributed by atoms with Crippen LogP contribution in [0, 0.1) is 0 Å². The first kappa shape index (κ1) is 33.8. The number of benzene rings is 3. The van der Waals surface area contributed by atoms with Gasteiger partial charge < -0.3 is 71.5 Å². The summed E-state index contributed by atoms with van der Waals surface area (Å²) >= 11 is 0. The van der Waals surface area contributed by atoms with Gasteiger partial charge in [0.1, 0.15) is 24.4 Å². The molecule has 2 unspecified atom stereocenters. The van der Waals surface area contributed by atoms with Crippen molar-refractivity contribution < 1.29 is 90.7 Å². The van der Waals surface area contributed by atoms with Crippen LogP contribution in [0.2, 0.25) is 0 Å². The van der Waals surface area contributed by atoms with E-state index in [0.717, 1.165) is 0 Å². The molecule has 45 heavy (non-hydrogen) atoms. The summed E-state index contributed by atoms with van der Waals surface area (Å²) in [6.45, 7) is 0.